The van der Waals surface area contributed by atoms with Crippen molar-refractivity contribution in [2.75, 3.05) is 12.3 Å². The molecule has 18 N–H and O–H groups in total. The molecule has 28 heteroatoms. The van der Waals surface area contributed by atoms with E-state index < -0.39 is 129 Å². The molecule has 2 aromatic heterocycles. The zero-order valence-electron chi connectivity index (χ0n) is 50.3. The van der Waals surface area contributed by atoms with Gasteiger partial charge >= 0.3 is 497 Å². The number of aliphatic hydroxyl groups excluding tert-OH is 3. The van der Waals surface area contributed by atoms with Crippen LogP contribution in [0.2, 0.25) is 5.36 Å². The summed E-state index contributed by atoms with van der Waals surface area (Å²) in [6.45, 7) is 16.6. The van der Waals surface area contributed by atoms with Crippen LogP contribution in [0, 0.1) is 45.3 Å². The first-order chi connectivity index (χ1) is 40.1. The third-order valence-electron chi connectivity index (χ3n) is 19.4. The van der Waals surface area contributed by atoms with Crippen LogP contribution >= 0.6 is 0 Å². The molecule has 0 unspecified atom stereocenters. The standard InChI is InChI=1S/C48H73N11O8.C10H12N5O3.Co/c1-23(60)22-55-38(67)16-17-45(6)29(18-35(52)64)43-48(9)47(8,21-37(54)66)28(12-15-34(51)63)40(59-48)25(3)42-46(7,20-36(53)65)26(10-13-32(49)61)30(56-42)19-31-44(4,5)27(11-14-33(50)62)39(57-31)24(2)41(45)58-43;1-4-6(16)7(17)10(18-4)15-3-14-5-8(11)12-2-13-9(5)15;/h19,23,26-29,43,60H,10-18,20-22H2,1-9H3,(H14,49,50,51,52,53,54,55,56,57,58,59,61,62,63,64,65,66,67);2-4,6-7,10,16-17H,1H2,(H2,11,12,13);/q;;+1/p-1/t23-,26-,27-,28-,29+,43-,45-,46+,47+,48+;4-,6-,7-,10-;/m11./s1. The number of aromatic nitrogens is 4. The van der Waals surface area contributed by atoms with Gasteiger partial charge in [0.25, 0.3) is 0 Å². The van der Waals surface area contributed by atoms with Crippen LogP contribution in [0.15, 0.2) is 61.9 Å². The molecule has 86 heavy (non-hydrogen) atoms. The molecule has 2 fully saturated rings. The predicted octanol–water partition coefficient (Wildman–Crippen LogP) is 0.906. The normalized spacial score (nSPS) is 34.7. The van der Waals surface area contributed by atoms with Gasteiger partial charge in [0.2, 0.25) is 0 Å². The molecule has 27 nitrogen and oxygen atoms in total. The molecule has 14 atom stereocenters. The zero-order chi connectivity index (χ0) is 63.5. The van der Waals surface area contributed by atoms with Crippen LogP contribution in [-0.4, -0.2) is 140 Å². The summed E-state index contributed by atoms with van der Waals surface area (Å²) in [5.41, 5.74) is 40.7. The first kappa shape index (κ1) is 65.0. The topological polar surface area (TPSA) is 467 Å². The molecule has 6 aliphatic rings. The van der Waals surface area contributed by atoms with Crippen LogP contribution < -0.4 is 45.5 Å². The van der Waals surface area contributed by atoms with E-state index in [1.54, 1.807) is 6.92 Å². The number of aliphatic imine (C=N–C) groups is 3. The van der Waals surface area contributed by atoms with Gasteiger partial charge in [0, 0.05) is 0 Å². The van der Waals surface area contributed by atoms with E-state index in [9.17, 15) is 48.9 Å². The molecule has 471 valence electrons. The monoisotopic (exact) mass is 1240 g/mol. The summed E-state index contributed by atoms with van der Waals surface area (Å²) in [6, 6.07) is -1.04. The van der Waals surface area contributed by atoms with Gasteiger partial charge in [-0.15, -0.1) is 0 Å². The number of allylic oxidation sites excluding steroid dienone is 6. The fourth-order valence-corrected chi connectivity index (χ4v) is 16.8. The summed E-state index contributed by atoms with van der Waals surface area (Å²) in [5.74, 6) is -7.31. The Morgan fingerprint density at radius 3 is 1.95 bits per heavy atom. The molecule has 0 aromatic carbocycles. The van der Waals surface area contributed by atoms with Gasteiger partial charge in [0.1, 0.15) is 0 Å². The van der Waals surface area contributed by atoms with Crippen molar-refractivity contribution in [1.29, 1.82) is 0 Å². The summed E-state index contributed by atoms with van der Waals surface area (Å²) in [4.78, 5) is 124. The SMILES string of the molecule is C/C1=C2/[N]([Co][CH2][C@H]3O[C@@H](n4cnc5c(N)ncnc54)[C@H](O)[C@@H]3O)[C@H]([C@H](CC(N)=O)[C@@]2(C)CCC(=O)NC[C@@H](C)O)[C@]2(C)N=C(/C(C)=C3N=C(/C=C4N=C1[C@@H](CCC(N)=O)C\4(C)C)[C@@H](CCC(N)=O)[C@]\3(C)CC(N)=O)[C@@H](CCC(N)=O)[C@]2(C)CC(N)=O. The number of anilines is 1. The van der Waals surface area contributed by atoms with E-state index in [4.69, 9.17) is 59.8 Å². The van der Waals surface area contributed by atoms with Crippen molar-refractivity contribution in [3.05, 3.63) is 47.0 Å². The molecule has 0 aliphatic carbocycles. The number of rotatable bonds is 24. The number of hydrogen-bond donors (Lipinski definition) is 11. The van der Waals surface area contributed by atoms with Gasteiger partial charge in [-0.05, 0) is 0 Å². The summed E-state index contributed by atoms with van der Waals surface area (Å²) in [6.07, 6.45) is -2.90. The zero-order valence-corrected chi connectivity index (χ0v) is 51.3. The molecule has 8 bridgehead atoms. The minimum absolute atomic E-state index is 0.0247. The molecule has 2 saturated heterocycles. The molecular weight excluding hydrogens is 1160 g/mol. The van der Waals surface area contributed by atoms with E-state index in [0.29, 0.717) is 60.3 Å². The first-order valence-corrected chi connectivity index (χ1v) is 30.2. The van der Waals surface area contributed by atoms with Crippen molar-refractivity contribution in [2.45, 2.75) is 181 Å². The number of nitrogens with one attached hydrogen (secondary N) is 1. The number of primary amides is 6. The van der Waals surface area contributed by atoms with Crippen LogP contribution in [0.3, 0.4) is 0 Å². The number of carbonyl (C=O) groups excluding carboxylic acids is 7. The van der Waals surface area contributed by atoms with E-state index in [1.807, 2.05) is 58.5 Å². The summed E-state index contributed by atoms with van der Waals surface area (Å²) < 4.78 is 10.1. The molecule has 0 spiro atoms. The average Bonchev–Trinajstić information content (AvgIpc) is 1.83. The molecule has 6 aliphatic heterocycles. The third-order valence-corrected chi connectivity index (χ3v) is 20.9. The van der Waals surface area contributed by atoms with E-state index >= 15 is 0 Å². The van der Waals surface area contributed by atoms with E-state index in [0.717, 1.165) is 0 Å². The van der Waals surface area contributed by atoms with E-state index in [-0.39, 0.29) is 99.5 Å². The molecule has 8 heterocycles. The Balaban J connectivity index is 1.49. The van der Waals surface area contributed by atoms with E-state index in [2.05, 4.69) is 20.3 Å². The fraction of sp³-hybridized carbons (Fsp3) is 0.638. The Hall–Kier alpha value is -6.98. The predicted molar refractivity (Wildman–Crippen MR) is 313 cm³/mol. The maximum atomic E-state index is 14.2. The van der Waals surface area contributed by atoms with Gasteiger partial charge in [-0.25, -0.2) is 0 Å². The summed E-state index contributed by atoms with van der Waals surface area (Å²) in [5, 5.41) is 36.9. The molecule has 7 amide bonds. The number of nitrogens with two attached hydrogens (primary N) is 7. The molecule has 2 aromatic rings. The number of amides is 7. The van der Waals surface area contributed by atoms with Crippen LogP contribution in [0.1, 0.15) is 139 Å². The van der Waals surface area contributed by atoms with Crippen molar-refractivity contribution in [2.24, 2.45) is 94.7 Å². The van der Waals surface area contributed by atoms with Crippen LogP contribution in [0.5, 0.6) is 0 Å². The Kier molecular flexibility index (Phi) is 18.4. The second-order valence-corrected chi connectivity index (χ2v) is 26.9. The van der Waals surface area contributed by atoms with Crippen LogP contribution in [0.25, 0.3) is 11.2 Å². The van der Waals surface area contributed by atoms with Crippen molar-refractivity contribution < 1.29 is 68.5 Å². The number of imidazole rings is 1. The fourth-order valence-electron chi connectivity index (χ4n) is 14.8. The number of ether oxygens (including phenoxy) is 1. The maximum absolute atomic E-state index is 14.2. The second kappa shape index (κ2) is 24.3. The van der Waals surface area contributed by atoms with Gasteiger partial charge in [0.15, 0.2) is 0 Å². The Morgan fingerprint density at radius 2 is 1.36 bits per heavy atom. The molecular formula is C58H84CoN16O11. The summed E-state index contributed by atoms with van der Waals surface area (Å²) in [7, 11) is 0. The molecule has 0 radical (unpaired) electrons. The third kappa shape index (κ3) is 11.7. The molecule has 8 rings (SSSR count). The van der Waals surface area contributed by atoms with Crippen molar-refractivity contribution in [3.63, 3.8) is 0 Å². The summed E-state index contributed by atoms with van der Waals surface area (Å²) >= 11 is 0.420. The number of aliphatic hydroxyl groups is 3. The average molecular weight is 1240 g/mol. The molecule has 0 saturated carbocycles. The van der Waals surface area contributed by atoms with Gasteiger partial charge in [0.05, 0.1) is 0 Å². The number of carbonyl (C=O) groups is 7. The van der Waals surface area contributed by atoms with Crippen molar-refractivity contribution in [3.8, 4) is 0 Å². The number of fused-ring (bicyclic) bond motifs is 7. The van der Waals surface area contributed by atoms with Gasteiger partial charge in [-0.1, -0.05) is 0 Å². The Labute approximate surface area is 505 Å². The van der Waals surface area contributed by atoms with Crippen LogP contribution in [-0.2, 0) is 53.2 Å². The first-order valence-electron chi connectivity index (χ1n) is 29.0. The van der Waals surface area contributed by atoms with Gasteiger partial charge in [-0.2, -0.15) is 0 Å². The number of nitrogens with zero attached hydrogens (tertiary/aromatic N) is 8. The van der Waals surface area contributed by atoms with Crippen molar-refractivity contribution in [1.82, 2.24) is 28.8 Å². The number of hydrogen-bond acceptors (Lipinski definition) is 19. The van der Waals surface area contributed by atoms with Crippen LogP contribution in [0.4, 0.5) is 5.82 Å². The quantitative estimate of drug-likeness (QED) is 0.0696. The Morgan fingerprint density at radius 1 is 0.744 bits per heavy atom. The second-order valence-electron chi connectivity index (χ2n) is 25.6. The van der Waals surface area contributed by atoms with E-state index in [1.165, 1.54) is 24.1 Å². The van der Waals surface area contributed by atoms with Crippen molar-refractivity contribution >= 4 is 75.5 Å². The number of nitrogen functional groups attached to an aromatic ring is 1. The van der Waals surface area contributed by atoms with Gasteiger partial charge < -0.3 is 5.73 Å². The Bertz CT molecular complexity index is 3320. The van der Waals surface area contributed by atoms with Gasteiger partial charge in [-0.3, -0.25) is 4.79 Å². The minimum atomic E-state index is -1.60.